The Morgan fingerprint density at radius 1 is 1.05 bits per heavy atom. The first-order valence-corrected chi connectivity index (χ1v) is 7.44. The number of halogens is 3. The summed E-state index contributed by atoms with van der Waals surface area (Å²) in [5.74, 6) is -0.00151. The number of hydrogen-bond donors (Lipinski definition) is 2. The van der Waals surface area contributed by atoms with E-state index in [-0.39, 0.29) is 16.8 Å². The van der Waals surface area contributed by atoms with Gasteiger partial charge in [-0.25, -0.2) is 0 Å². The van der Waals surface area contributed by atoms with E-state index in [1.165, 1.54) is 6.07 Å². The minimum atomic E-state index is -0.00151. The van der Waals surface area contributed by atoms with E-state index in [2.05, 4.69) is 10.5 Å². The van der Waals surface area contributed by atoms with E-state index in [0.29, 0.717) is 22.0 Å². The summed E-state index contributed by atoms with van der Waals surface area (Å²) < 4.78 is 0. The average Bonchev–Trinajstić information content (AvgIpc) is 2.93. The van der Waals surface area contributed by atoms with Crippen molar-refractivity contribution in [3.8, 4) is 5.75 Å². The molecule has 0 amide bonds. The molecule has 0 saturated heterocycles. The molecule has 108 valence electrons. The van der Waals surface area contributed by atoms with Crippen LogP contribution in [0, 0.1) is 0 Å². The lowest BCUT2D eigenvalue weighted by molar-refractivity contribution is 0.474. The Hall–Kier alpha value is -1.42. The van der Waals surface area contributed by atoms with Crippen molar-refractivity contribution in [2.24, 2.45) is 5.10 Å². The Bertz CT molecular complexity index is 714. The van der Waals surface area contributed by atoms with Gasteiger partial charge in [-0.2, -0.15) is 5.10 Å². The number of hydrogen-bond acceptors (Lipinski definition) is 3. The van der Waals surface area contributed by atoms with E-state index >= 15 is 0 Å². The predicted octanol–water partition coefficient (Wildman–Crippen LogP) is 4.79. The molecular weight excluding hydrogens is 331 g/mol. The molecule has 21 heavy (non-hydrogen) atoms. The van der Waals surface area contributed by atoms with Crippen LogP contribution in [0.4, 0.5) is 0 Å². The SMILES string of the molecule is Oc1c(Cl)cc(Cl)cc1C1=NN[C@H](c2ccc(Cl)cc2)C1. The summed E-state index contributed by atoms with van der Waals surface area (Å²) in [7, 11) is 0. The Morgan fingerprint density at radius 3 is 2.48 bits per heavy atom. The van der Waals surface area contributed by atoms with Crippen molar-refractivity contribution in [3.05, 3.63) is 62.6 Å². The Balaban J connectivity index is 1.85. The van der Waals surface area contributed by atoms with Gasteiger partial charge in [0.25, 0.3) is 0 Å². The molecule has 0 unspecified atom stereocenters. The minimum Gasteiger partial charge on any atom is -0.506 e. The Kier molecular flexibility index (Phi) is 3.98. The van der Waals surface area contributed by atoms with E-state index in [1.54, 1.807) is 6.07 Å². The van der Waals surface area contributed by atoms with E-state index in [4.69, 9.17) is 34.8 Å². The van der Waals surface area contributed by atoms with Crippen molar-refractivity contribution in [3.63, 3.8) is 0 Å². The van der Waals surface area contributed by atoms with Crippen molar-refractivity contribution in [1.82, 2.24) is 5.43 Å². The van der Waals surface area contributed by atoms with Gasteiger partial charge >= 0.3 is 0 Å². The first kappa shape index (κ1) is 14.5. The Labute approximate surface area is 137 Å². The van der Waals surface area contributed by atoms with Gasteiger partial charge in [0.15, 0.2) is 0 Å². The van der Waals surface area contributed by atoms with Crippen LogP contribution in [0.5, 0.6) is 5.75 Å². The molecule has 0 spiro atoms. The predicted molar refractivity (Wildman–Crippen MR) is 86.6 cm³/mol. The first-order valence-electron chi connectivity index (χ1n) is 6.30. The van der Waals surface area contributed by atoms with Crippen LogP contribution >= 0.6 is 34.8 Å². The summed E-state index contributed by atoms with van der Waals surface area (Å²) in [6.45, 7) is 0. The highest BCUT2D eigenvalue weighted by Crippen LogP contribution is 2.35. The molecule has 2 N–H and O–H groups in total. The van der Waals surface area contributed by atoms with Crippen molar-refractivity contribution >= 4 is 40.5 Å². The lowest BCUT2D eigenvalue weighted by atomic mass is 9.99. The van der Waals surface area contributed by atoms with Crippen LogP contribution in [-0.4, -0.2) is 10.8 Å². The molecule has 3 nitrogen and oxygen atoms in total. The summed E-state index contributed by atoms with van der Waals surface area (Å²) >= 11 is 17.8. The zero-order valence-electron chi connectivity index (χ0n) is 10.8. The van der Waals surface area contributed by atoms with Gasteiger partial charge < -0.3 is 10.5 Å². The number of aromatic hydroxyl groups is 1. The van der Waals surface area contributed by atoms with Crippen molar-refractivity contribution in [1.29, 1.82) is 0 Å². The first-order chi connectivity index (χ1) is 10.0. The smallest absolute Gasteiger partial charge is 0.143 e. The van der Waals surface area contributed by atoms with Gasteiger partial charge in [-0.1, -0.05) is 46.9 Å². The highest BCUT2D eigenvalue weighted by atomic mass is 35.5. The van der Waals surface area contributed by atoms with Gasteiger partial charge in [0.05, 0.1) is 16.8 Å². The van der Waals surface area contributed by atoms with Crippen LogP contribution in [0.3, 0.4) is 0 Å². The maximum atomic E-state index is 10.1. The lowest BCUT2D eigenvalue weighted by Crippen LogP contribution is -2.09. The maximum Gasteiger partial charge on any atom is 0.143 e. The average molecular weight is 342 g/mol. The number of phenolic OH excluding ortho intramolecular Hbond substituents is 1. The molecular formula is C15H11Cl3N2O. The number of nitrogens with one attached hydrogen (secondary N) is 1. The topological polar surface area (TPSA) is 44.6 Å². The largest absolute Gasteiger partial charge is 0.506 e. The molecule has 1 aliphatic rings. The fourth-order valence-electron chi connectivity index (χ4n) is 2.28. The fourth-order valence-corrected chi connectivity index (χ4v) is 2.90. The van der Waals surface area contributed by atoms with Gasteiger partial charge in [-0.15, -0.1) is 0 Å². The van der Waals surface area contributed by atoms with E-state index in [0.717, 1.165) is 11.3 Å². The molecule has 2 aromatic rings. The third-order valence-corrected chi connectivity index (χ3v) is 4.12. The number of hydrazone groups is 1. The summed E-state index contributed by atoms with van der Waals surface area (Å²) in [6, 6.07) is 10.8. The molecule has 0 aromatic heterocycles. The second kappa shape index (κ2) is 5.76. The molecule has 0 radical (unpaired) electrons. The van der Waals surface area contributed by atoms with Gasteiger partial charge in [-0.3, -0.25) is 0 Å². The summed E-state index contributed by atoms with van der Waals surface area (Å²) in [5, 5.41) is 15.7. The lowest BCUT2D eigenvalue weighted by Gasteiger charge is -2.10. The fraction of sp³-hybridized carbons (Fsp3) is 0.133. The van der Waals surface area contributed by atoms with Crippen LogP contribution in [0.15, 0.2) is 41.5 Å². The third kappa shape index (κ3) is 2.95. The molecule has 6 heteroatoms. The highest BCUT2D eigenvalue weighted by Gasteiger charge is 2.24. The van der Waals surface area contributed by atoms with Gasteiger partial charge in [-0.05, 0) is 29.8 Å². The number of benzene rings is 2. The molecule has 0 fully saturated rings. The second-order valence-corrected chi connectivity index (χ2v) is 6.06. The standard InChI is InChI=1S/C15H11Cl3N2O/c16-9-3-1-8(2-4-9)13-7-14(20-19-13)11-5-10(17)6-12(18)15(11)21/h1-6,13,19,21H,7H2/t13-/m0/s1. The van der Waals surface area contributed by atoms with Crippen LogP contribution in [0.25, 0.3) is 0 Å². The monoisotopic (exact) mass is 340 g/mol. The van der Waals surface area contributed by atoms with Crippen LogP contribution in [0.2, 0.25) is 15.1 Å². The molecule has 2 aromatic carbocycles. The number of nitrogens with zero attached hydrogens (tertiary/aromatic N) is 1. The van der Waals surface area contributed by atoms with E-state index in [9.17, 15) is 5.11 Å². The third-order valence-electron chi connectivity index (χ3n) is 3.36. The number of rotatable bonds is 2. The molecule has 1 atom stereocenters. The van der Waals surface area contributed by atoms with Crippen LogP contribution < -0.4 is 5.43 Å². The summed E-state index contributed by atoms with van der Waals surface area (Å²) in [6.07, 6.45) is 0.631. The minimum absolute atomic E-state index is 0.00151. The van der Waals surface area contributed by atoms with Gasteiger partial charge in [0, 0.05) is 22.0 Å². The molecule has 0 bridgehead atoms. The molecule has 0 saturated carbocycles. The molecule has 1 aliphatic heterocycles. The van der Waals surface area contributed by atoms with Gasteiger partial charge in [0.1, 0.15) is 5.75 Å². The van der Waals surface area contributed by atoms with Crippen molar-refractivity contribution < 1.29 is 5.11 Å². The highest BCUT2D eigenvalue weighted by molar-refractivity contribution is 6.36. The van der Waals surface area contributed by atoms with Crippen molar-refractivity contribution in [2.45, 2.75) is 12.5 Å². The van der Waals surface area contributed by atoms with E-state index in [1.807, 2.05) is 24.3 Å². The summed E-state index contributed by atoms with van der Waals surface area (Å²) in [4.78, 5) is 0. The van der Waals surface area contributed by atoms with Crippen molar-refractivity contribution in [2.75, 3.05) is 0 Å². The van der Waals surface area contributed by atoms with Crippen LogP contribution in [0.1, 0.15) is 23.6 Å². The molecule has 3 rings (SSSR count). The quantitative estimate of drug-likeness (QED) is 0.824. The van der Waals surface area contributed by atoms with Gasteiger partial charge in [0.2, 0.25) is 0 Å². The maximum absolute atomic E-state index is 10.1. The van der Waals surface area contributed by atoms with Crippen LogP contribution in [-0.2, 0) is 0 Å². The Morgan fingerprint density at radius 2 is 1.76 bits per heavy atom. The van der Waals surface area contributed by atoms with E-state index < -0.39 is 0 Å². The zero-order valence-corrected chi connectivity index (χ0v) is 13.0. The zero-order chi connectivity index (χ0) is 15.0. The molecule has 0 aliphatic carbocycles. The normalized spacial score (nSPS) is 17.5. The summed E-state index contributed by atoms with van der Waals surface area (Å²) in [5.41, 5.74) is 5.40. The molecule has 1 heterocycles. The second-order valence-electron chi connectivity index (χ2n) is 4.78. The number of phenols is 1.